The maximum atomic E-state index is 13.5. The van der Waals surface area contributed by atoms with Crippen LogP contribution in [0.15, 0.2) is 36.7 Å². The fourth-order valence-electron chi connectivity index (χ4n) is 5.25. The van der Waals surface area contributed by atoms with Gasteiger partial charge in [0.05, 0.1) is 17.5 Å². The summed E-state index contributed by atoms with van der Waals surface area (Å²) >= 11 is 0. The van der Waals surface area contributed by atoms with Gasteiger partial charge >= 0.3 is 6.09 Å². The summed E-state index contributed by atoms with van der Waals surface area (Å²) in [6.07, 6.45) is 4.20. The highest BCUT2D eigenvalue weighted by atomic mass is 28.3. The highest BCUT2D eigenvalue weighted by Crippen LogP contribution is 2.35. The van der Waals surface area contributed by atoms with Crippen molar-refractivity contribution in [1.82, 2.24) is 19.9 Å². The van der Waals surface area contributed by atoms with Gasteiger partial charge in [-0.3, -0.25) is 4.79 Å². The lowest BCUT2D eigenvalue weighted by atomic mass is 9.87. The number of benzene rings is 1. The Hall–Kier alpha value is -3.24. The van der Waals surface area contributed by atoms with Crippen molar-refractivity contribution >= 4 is 36.8 Å². The van der Waals surface area contributed by atoms with Gasteiger partial charge in [0.1, 0.15) is 17.8 Å². The largest absolute Gasteiger partial charge is 0.444 e. The molecule has 3 aromatic rings. The normalized spacial score (nSPS) is 17.7. The Balaban J connectivity index is 1.55. The number of amides is 1. The summed E-state index contributed by atoms with van der Waals surface area (Å²) in [7, 11) is -1.21. The van der Waals surface area contributed by atoms with Gasteiger partial charge < -0.3 is 24.3 Å². The molecule has 1 aromatic carbocycles. The van der Waals surface area contributed by atoms with Crippen LogP contribution in [0.4, 0.5) is 10.5 Å². The summed E-state index contributed by atoms with van der Waals surface area (Å²) in [5.41, 5.74) is 3.40. The van der Waals surface area contributed by atoms with E-state index in [1.165, 1.54) is 0 Å². The fraction of sp³-hybridized carbons (Fsp3) is 0.588. The number of alkyl carbamates (subject to hydrolysis) is 1. The van der Waals surface area contributed by atoms with Crippen LogP contribution >= 0.6 is 0 Å². The number of hydrogen-bond donors (Lipinski definition) is 1. The maximum absolute atomic E-state index is 13.5. The Morgan fingerprint density at radius 2 is 1.84 bits per heavy atom. The topological polar surface area (TPSA) is 98.6 Å². The van der Waals surface area contributed by atoms with Crippen molar-refractivity contribution in [2.75, 3.05) is 31.1 Å². The Morgan fingerprint density at radius 1 is 1.11 bits per heavy atom. The van der Waals surface area contributed by atoms with Crippen molar-refractivity contribution in [3.63, 3.8) is 0 Å². The van der Waals surface area contributed by atoms with Gasteiger partial charge in [-0.15, -0.1) is 0 Å². The first-order valence-corrected chi connectivity index (χ1v) is 19.4. The number of carbonyl (C=O) groups is 2. The van der Waals surface area contributed by atoms with E-state index in [4.69, 9.17) is 19.4 Å². The maximum Gasteiger partial charge on any atom is 0.407 e. The van der Waals surface area contributed by atoms with Crippen molar-refractivity contribution in [3.05, 3.63) is 42.2 Å². The molecule has 4 rings (SSSR count). The minimum absolute atomic E-state index is 0.0277. The summed E-state index contributed by atoms with van der Waals surface area (Å²) in [4.78, 5) is 37.9. The standard InChI is InChI=1S/C34H51N5O4Si/c1-32(2,3)29(40)26-20-39(23-42-16-17-44(8,9)10)30-28(26)37-27(19-35-30)24-12-11-13-25(18-24)38-15-14-34(7,22-38)21-36-31(41)43-33(4,5)6/h11-13,18-20H,14-17,21-23H2,1-10H3,(H,36,41). The molecular formula is C34H51N5O4Si. The molecule has 44 heavy (non-hydrogen) atoms. The van der Waals surface area contributed by atoms with Crippen LogP contribution in [0.2, 0.25) is 25.7 Å². The lowest BCUT2D eigenvalue weighted by Gasteiger charge is -2.27. The molecule has 0 saturated carbocycles. The van der Waals surface area contributed by atoms with E-state index in [-0.39, 0.29) is 17.3 Å². The van der Waals surface area contributed by atoms with E-state index in [0.717, 1.165) is 36.8 Å². The number of nitrogens with zero attached hydrogens (tertiary/aromatic N) is 4. The number of hydrogen-bond acceptors (Lipinski definition) is 7. The van der Waals surface area contributed by atoms with E-state index in [1.54, 1.807) is 6.20 Å². The predicted molar refractivity (Wildman–Crippen MR) is 180 cm³/mol. The Bertz CT molecular complexity index is 1500. The molecule has 1 N–H and O–H groups in total. The van der Waals surface area contributed by atoms with Crippen LogP contribution in [0.3, 0.4) is 0 Å². The molecule has 0 bridgehead atoms. The summed E-state index contributed by atoms with van der Waals surface area (Å²) in [5.74, 6) is 0.0277. The smallest absolute Gasteiger partial charge is 0.407 e. The predicted octanol–water partition coefficient (Wildman–Crippen LogP) is 7.38. The molecule has 1 atom stereocenters. The molecule has 1 saturated heterocycles. The number of ketones is 1. The molecule has 3 heterocycles. The van der Waals surface area contributed by atoms with Gasteiger partial charge in [0.2, 0.25) is 0 Å². The van der Waals surface area contributed by atoms with Gasteiger partial charge in [-0.1, -0.05) is 59.5 Å². The van der Waals surface area contributed by atoms with Crippen LogP contribution in [0.25, 0.3) is 22.4 Å². The molecule has 9 nitrogen and oxygen atoms in total. The summed E-state index contributed by atoms with van der Waals surface area (Å²) in [5, 5.41) is 2.95. The number of nitrogens with one attached hydrogen (secondary N) is 1. The van der Waals surface area contributed by atoms with Crippen LogP contribution in [0.1, 0.15) is 65.2 Å². The summed E-state index contributed by atoms with van der Waals surface area (Å²) in [6, 6.07) is 9.36. The van der Waals surface area contributed by atoms with Gasteiger partial charge in [-0.25, -0.2) is 14.8 Å². The van der Waals surface area contributed by atoms with Crippen molar-refractivity contribution < 1.29 is 19.1 Å². The number of carbonyl (C=O) groups excluding carboxylic acids is 2. The molecule has 0 spiro atoms. The lowest BCUT2D eigenvalue weighted by molar-refractivity contribution is 0.0507. The molecule has 10 heteroatoms. The molecule has 0 radical (unpaired) electrons. The Labute approximate surface area is 263 Å². The molecule has 240 valence electrons. The molecule has 2 aromatic heterocycles. The average molecular weight is 622 g/mol. The summed E-state index contributed by atoms with van der Waals surface area (Å²) < 4.78 is 13.4. The van der Waals surface area contributed by atoms with E-state index < -0.39 is 19.1 Å². The molecular weight excluding hydrogens is 570 g/mol. The van der Waals surface area contributed by atoms with E-state index in [1.807, 2.05) is 64.4 Å². The molecule has 0 aliphatic carbocycles. The zero-order chi connectivity index (χ0) is 32.5. The molecule has 1 unspecified atom stereocenters. The van der Waals surface area contributed by atoms with E-state index in [0.29, 0.717) is 42.3 Å². The second-order valence-corrected chi connectivity index (χ2v) is 21.4. The average Bonchev–Trinajstić information content (AvgIpc) is 3.48. The highest BCUT2D eigenvalue weighted by molar-refractivity contribution is 6.76. The highest BCUT2D eigenvalue weighted by Gasteiger charge is 2.35. The first kappa shape index (κ1) is 33.6. The molecule has 1 fully saturated rings. The van der Waals surface area contributed by atoms with E-state index >= 15 is 0 Å². The second-order valence-electron chi connectivity index (χ2n) is 15.8. The summed E-state index contributed by atoms with van der Waals surface area (Å²) in [6.45, 7) is 23.8. The van der Waals surface area contributed by atoms with Crippen LogP contribution in [0.5, 0.6) is 0 Å². The molecule has 1 aliphatic rings. The number of fused-ring (bicyclic) bond motifs is 1. The van der Waals surface area contributed by atoms with Crippen molar-refractivity contribution in [2.45, 2.75) is 92.9 Å². The molecule has 1 amide bonds. The quantitative estimate of drug-likeness (QED) is 0.143. The SMILES string of the molecule is CC1(CNC(=O)OC(C)(C)C)CCN(c2cccc(-c3cnc4c(n3)c(C(=O)C(C)(C)C)cn4COCC[Si](C)(C)C)c2)C1. The van der Waals surface area contributed by atoms with Gasteiger partial charge in [-0.2, -0.15) is 0 Å². The van der Waals surface area contributed by atoms with Gasteiger partial charge in [-0.05, 0) is 45.4 Å². The number of Topliss-reactive ketones (excluding diaryl/α,β-unsaturated/α-hetero) is 1. The number of ether oxygens (including phenoxy) is 2. The first-order valence-electron chi connectivity index (χ1n) is 15.6. The zero-order valence-electron chi connectivity index (χ0n) is 28.3. The van der Waals surface area contributed by atoms with Crippen LogP contribution in [0, 0.1) is 10.8 Å². The Kier molecular flexibility index (Phi) is 9.66. The number of rotatable bonds is 10. The minimum atomic E-state index is -1.21. The fourth-order valence-corrected chi connectivity index (χ4v) is 6.01. The van der Waals surface area contributed by atoms with Crippen molar-refractivity contribution in [2.24, 2.45) is 10.8 Å². The van der Waals surface area contributed by atoms with Gasteiger partial charge in [0, 0.05) is 62.6 Å². The lowest BCUT2D eigenvalue weighted by Crippen LogP contribution is -2.40. The third-order valence-electron chi connectivity index (χ3n) is 7.84. The Morgan fingerprint density at radius 3 is 2.50 bits per heavy atom. The first-order chi connectivity index (χ1) is 20.3. The van der Waals surface area contributed by atoms with Crippen LogP contribution in [-0.2, 0) is 16.2 Å². The van der Waals surface area contributed by atoms with Gasteiger partial charge in [0.15, 0.2) is 11.4 Å². The van der Waals surface area contributed by atoms with Gasteiger partial charge in [0.25, 0.3) is 0 Å². The third-order valence-corrected chi connectivity index (χ3v) is 9.55. The van der Waals surface area contributed by atoms with Crippen LogP contribution < -0.4 is 10.2 Å². The van der Waals surface area contributed by atoms with Crippen LogP contribution in [-0.4, -0.2) is 66.3 Å². The van der Waals surface area contributed by atoms with E-state index in [2.05, 4.69) is 48.9 Å². The zero-order valence-corrected chi connectivity index (χ0v) is 29.3. The minimum Gasteiger partial charge on any atom is -0.444 e. The van der Waals surface area contributed by atoms with Crippen molar-refractivity contribution in [3.8, 4) is 11.3 Å². The van der Waals surface area contributed by atoms with Crippen molar-refractivity contribution in [1.29, 1.82) is 0 Å². The third kappa shape index (κ3) is 8.69. The number of aromatic nitrogens is 3. The second kappa shape index (κ2) is 12.6. The number of anilines is 1. The monoisotopic (exact) mass is 621 g/mol. The van der Waals surface area contributed by atoms with E-state index in [9.17, 15) is 9.59 Å². The molecule has 1 aliphatic heterocycles.